The summed E-state index contributed by atoms with van der Waals surface area (Å²) < 4.78 is 29.2. The van der Waals surface area contributed by atoms with Gasteiger partial charge in [-0.25, -0.2) is 13.8 Å². The van der Waals surface area contributed by atoms with E-state index in [2.05, 4.69) is 11.9 Å². The largest absolute Gasteiger partial charge is 0.383 e. The highest BCUT2D eigenvalue weighted by Gasteiger charge is 2.31. The smallest absolute Gasteiger partial charge is 0.168 e. The van der Waals surface area contributed by atoms with Crippen molar-refractivity contribution in [2.75, 3.05) is 5.73 Å². The Morgan fingerprint density at radius 1 is 1.35 bits per heavy atom. The van der Waals surface area contributed by atoms with E-state index < -0.39 is 11.6 Å². The van der Waals surface area contributed by atoms with Crippen molar-refractivity contribution in [3.8, 4) is 11.3 Å². The third-order valence-corrected chi connectivity index (χ3v) is 3.63. The summed E-state index contributed by atoms with van der Waals surface area (Å²) in [5.41, 5.74) is 6.61. The summed E-state index contributed by atoms with van der Waals surface area (Å²) in [5.74, 6) is -0.0157. The van der Waals surface area contributed by atoms with Crippen LogP contribution in [0.1, 0.15) is 37.9 Å². The molecule has 0 atom stereocenters. The Bertz CT molecular complexity index is 645. The second-order valence-electron chi connectivity index (χ2n) is 5.23. The molecule has 3 rings (SSSR count). The number of imidazole rings is 1. The summed E-state index contributed by atoms with van der Waals surface area (Å²) >= 11 is 0. The SMILES string of the molecule is CCCn1c(C2CC2)nc(-c2cccc(F)c2F)c1N. The van der Waals surface area contributed by atoms with Crippen molar-refractivity contribution in [1.29, 1.82) is 0 Å². The van der Waals surface area contributed by atoms with Crippen LogP contribution in [0.3, 0.4) is 0 Å². The monoisotopic (exact) mass is 277 g/mol. The van der Waals surface area contributed by atoms with Crippen LogP contribution in [0, 0.1) is 11.6 Å². The van der Waals surface area contributed by atoms with Crippen LogP contribution in [0.2, 0.25) is 0 Å². The molecule has 3 nitrogen and oxygen atoms in total. The van der Waals surface area contributed by atoms with Crippen LogP contribution in [0.25, 0.3) is 11.3 Å². The zero-order valence-electron chi connectivity index (χ0n) is 11.4. The predicted octanol–water partition coefficient (Wildman–Crippen LogP) is 3.70. The van der Waals surface area contributed by atoms with Gasteiger partial charge in [-0.3, -0.25) is 0 Å². The highest BCUT2D eigenvalue weighted by atomic mass is 19.2. The lowest BCUT2D eigenvalue weighted by atomic mass is 10.1. The van der Waals surface area contributed by atoms with Crippen molar-refractivity contribution >= 4 is 5.82 Å². The third-order valence-electron chi connectivity index (χ3n) is 3.63. The minimum atomic E-state index is -0.886. The lowest BCUT2D eigenvalue weighted by Gasteiger charge is -2.07. The molecule has 0 amide bonds. The van der Waals surface area contributed by atoms with Gasteiger partial charge in [0.25, 0.3) is 0 Å². The van der Waals surface area contributed by atoms with Gasteiger partial charge < -0.3 is 10.3 Å². The molecule has 5 heteroatoms. The van der Waals surface area contributed by atoms with E-state index in [-0.39, 0.29) is 5.56 Å². The maximum Gasteiger partial charge on any atom is 0.168 e. The summed E-state index contributed by atoms with van der Waals surface area (Å²) in [6, 6.07) is 4.09. The Labute approximate surface area is 116 Å². The first kappa shape index (κ1) is 13.1. The van der Waals surface area contributed by atoms with Crippen LogP contribution < -0.4 is 5.73 Å². The fourth-order valence-corrected chi connectivity index (χ4v) is 2.48. The summed E-state index contributed by atoms with van der Waals surface area (Å²) in [6.45, 7) is 2.81. The van der Waals surface area contributed by atoms with E-state index in [1.54, 1.807) is 0 Å². The number of hydrogen-bond acceptors (Lipinski definition) is 2. The minimum Gasteiger partial charge on any atom is -0.383 e. The molecule has 0 bridgehead atoms. The van der Waals surface area contributed by atoms with E-state index in [9.17, 15) is 8.78 Å². The number of nitrogen functional groups attached to an aromatic ring is 1. The molecule has 1 fully saturated rings. The predicted molar refractivity (Wildman–Crippen MR) is 74.3 cm³/mol. The van der Waals surface area contributed by atoms with Gasteiger partial charge in [-0.15, -0.1) is 0 Å². The van der Waals surface area contributed by atoms with E-state index in [0.717, 1.165) is 37.7 Å². The standard InChI is InChI=1S/C15H17F2N3/c1-2-8-20-14(18)13(19-15(20)9-6-7-9)10-4-3-5-11(16)12(10)17/h3-5,9H,2,6-8,18H2,1H3. The maximum atomic E-state index is 13.9. The molecule has 0 saturated heterocycles. The first-order valence-electron chi connectivity index (χ1n) is 6.93. The molecule has 0 aliphatic heterocycles. The summed E-state index contributed by atoms with van der Waals surface area (Å²) in [4.78, 5) is 4.49. The van der Waals surface area contributed by atoms with Crippen LogP contribution in [-0.2, 0) is 6.54 Å². The van der Waals surface area contributed by atoms with Gasteiger partial charge in [0.15, 0.2) is 11.6 Å². The van der Waals surface area contributed by atoms with Crippen LogP contribution >= 0.6 is 0 Å². The van der Waals surface area contributed by atoms with E-state index in [1.807, 2.05) is 4.57 Å². The average molecular weight is 277 g/mol. The van der Waals surface area contributed by atoms with Gasteiger partial charge in [0, 0.05) is 18.0 Å². The molecule has 2 N–H and O–H groups in total. The van der Waals surface area contributed by atoms with Gasteiger partial charge in [-0.05, 0) is 31.4 Å². The van der Waals surface area contributed by atoms with E-state index in [4.69, 9.17) is 5.73 Å². The molecule has 0 radical (unpaired) electrons. The Morgan fingerprint density at radius 2 is 2.10 bits per heavy atom. The maximum absolute atomic E-state index is 13.9. The number of nitrogens with zero attached hydrogens (tertiary/aromatic N) is 2. The van der Waals surface area contributed by atoms with Crippen molar-refractivity contribution in [1.82, 2.24) is 9.55 Å². The Morgan fingerprint density at radius 3 is 2.75 bits per heavy atom. The van der Waals surface area contributed by atoms with Gasteiger partial charge in [0.05, 0.1) is 0 Å². The summed E-state index contributed by atoms with van der Waals surface area (Å²) in [6.07, 6.45) is 3.10. The minimum absolute atomic E-state index is 0.138. The van der Waals surface area contributed by atoms with Crippen molar-refractivity contribution in [2.24, 2.45) is 0 Å². The third kappa shape index (κ3) is 2.07. The van der Waals surface area contributed by atoms with Crippen LogP contribution in [0.15, 0.2) is 18.2 Å². The fourth-order valence-electron chi connectivity index (χ4n) is 2.48. The number of anilines is 1. The number of aromatic nitrogens is 2. The fraction of sp³-hybridized carbons (Fsp3) is 0.400. The van der Waals surface area contributed by atoms with Crippen molar-refractivity contribution in [2.45, 2.75) is 38.6 Å². The number of halogens is 2. The lowest BCUT2D eigenvalue weighted by Crippen LogP contribution is -2.06. The Hall–Kier alpha value is -1.91. The van der Waals surface area contributed by atoms with Crippen molar-refractivity contribution in [3.63, 3.8) is 0 Å². The zero-order chi connectivity index (χ0) is 14.3. The van der Waals surface area contributed by atoms with E-state index in [0.29, 0.717) is 17.4 Å². The molecular formula is C15H17F2N3. The van der Waals surface area contributed by atoms with Gasteiger partial charge in [0.1, 0.15) is 17.3 Å². The molecule has 0 unspecified atom stereocenters. The highest BCUT2D eigenvalue weighted by molar-refractivity contribution is 5.71. The summed E-state index contributed by atoms with van der Waals surface area (Å²) in [7, 11) is 0. The molecule has 106 valence electrons. The number of benzene rings is 1. The molecule has 20 heavy (non-hydrogen) atoms. The topological polar surface area (TPSA) is 43.8 Å². The van der Waals surface area contributed by atoms with Gasteiger partial charge in [0.2, 0.25) is 0 Å². The quantitative estimate of drug-likeness (QED) is 0.926. The normalized spacial score (nSPS) is 14.8. The van der Waals surface area contributed by atoms with Crippen molar-refractivity contribution < 1.29 is 8.78 Å². The van der Waals surface area contributed by atoms with E-state index >= 15 is 0 Å². The lowest BCUT2D eigenvalue weighted by molar-refractivity contribution is 0.511. The highest BCUT2D eigenvalue weighted by Crippen LogP contribution is 2.42. The van der Waals surface area contributed by atoms with Crippen molar-refractivity contribution in [3.05, 3.63) is 35.7 Å². The second kappa shape index (κ2) is 4.89. The molecule has 1 aliphatic rings. The van der Waals surface area contributed by atoms with Crippen LogP contribution in [-0.4, -0.2) is 9.55 Å². The number of rotatable bonds is 4. The first-order valence-corrected chi connectivity index (χ1v) is 6.93. The second-order valence-corrected chi connectivity index (χ2v) is 5.23. The molecular weight excluding hydrogens is 260 g/mol. The molecule has 1 heterocycles. The summed E-state index contributed by atoms with van der Waals surface area (Å²) in [5, 5.41) is 0. The Kier molecular flexibility index (Phi) is 3.20. The first-order chi connectivity index (χ1) is 9.63. The zero-order valence-corrected chi connectivity index (χ0v) is 11.4. The number of hydrogen-bond donors (Lipinski definition) is 1. The molecule has 1 aliphatic carbocycles. The molecule has 0 spiro atoms. The Balaban J connectivity index is 2.14. The van der Waals surface area contributed by atoms with Gasteiger partial charge >= 0.3 is 0 Å². The molecule has 2 aromatic rings. The average Bonchev–Trinajstić information content (AvgIpc) is 3.22. The van der Waals surface area contributed by atoms with Crippen LogP contribution in [0.4, 0.5) is 14.6 Å². The van der Waals surface area contributed by atoms with Crippen LogP contribution in [0.5, 0.6) is 0 Å². The van der Waals surface area contributed by atoms with Gasteiger partial charge in [-0.1, -0.05) is 13.0 Å². The molecule has 1 aromatic heterocycles. The van der Waals surface area contributed by atoms with Gasteiger partial charge in [-0.2, -0.15) is 0 Å². The van der Waals surface area contributed by atoms with E-state index in [1.165, 1.54) is 12.1 Å². The molecule has 1 aromatic carbocycles. The number of nitrogens with two attached hydrogens (primary N) is 1. The molecule has 1 saturated carbocycles.